The van der Waals surface area contributed by atoms with Crippen LogP contribution in [-0.4, -0.2) is 59.5 Å². The van der Waals surface area contributed by atoms with E-state index in [9.17, 15) is 9.18 Å². The predicted molar refractivity (Wildman–Crippen MR) is 98.7 cm³/mol. The van der Waals surface area contributed by atoms with Crippen molar-refractivity contribution >= 4 is 17.4 Å². The number of amides is 1. The molecule has 0 saturated carbocycles. The molecule has 6 nitrogen and oxygen atoms in total. The molecule has 2 aromatic heterocycles. The molecular formula is C19H22FN5O. The number of pyridine rings is 2. The zero-order valence-corrected chi connectivity index (χ0v) is 15.2. The van der Waals surface area contributed by atoms with Gasteiger partial charge in [-0.1, -0.05) is 0 Å². The Morgan fingerprint density at radius 2 is 2.08 bits per heavy atom. The molecular weight excluding hydrogens is 333 g/mol. The average Bonchev–Trinajstić information content (AvgIpc) is 2.65. The number of rotatable bonds is 2. The van der Waals surface area contributed by atoms with Gasteiger partial charge in [0.2, 0.25) is 0 Å². The number of anilines is 2. The number of carbonyl (C=O) groups excluding carboxylic acids is 1. The van der Waals surface area contributed by atoms with Crippen molar-refractivity contribution in [2.45, 2.75) is 25.9 Å². The van der Waals surface area contributed by atoms with E-state index in [1.165, 1.54) is 6.07 Å². The number of fused-ring (bicyclic) bond motifs is 3. The predicted octanol–water partition coefficient (Wildman–Crippen LogP) is 2.16. The third-order valence-electron chi connectivity index (χ3n) is 5.27. The van der Waals surface area contributed by atoms with Crippen molar-refractivity contribution < 1.29 is 9.18 Å². The summed E-state index contributed by atoms with van der Waals surface area (Å²) in [6, 6.07) is 4.90. The summed E-state index contributed by atoms with van der Waals surface area (Å²) in [6.07, 6.45) is 3.19. The Hall–Kier alpha value is -2.54. The number of halogens is 1. The van der Waals surface area contributed by atoms with E-state index in [1.54, 1.807) is 36.5 Å². The molecule has 0 radical (unpaired) electrons. The van der Waals surface area contributed by atoms with Gasteiger partial charge >= 0.3 is 0 Å². The second kappa shape index (κ2) is 6.32. The van der Waals surface area contributed by atoms with E-state index in [2.05, 4.69) is 33.6 Å². The minimum Gasteiger partial charge on any atom is -0.340 e. The van der Waals surface area contributed by atoms with Crippen LogP contribution >= 0.6 is 0 Å². The van der Waals surface area contributed by atoms with Gasteiger partial charge in [0.25, 0.3) is 5.91 Å². The van der Waals surface area contributed by atoms with Crippen molar-refractivity contribution in [3.63, 3.8) is 0 Å². The van der Waals surface area contributed by atoms with Crippen molar-refractivity contribution in [2.24, 2.45) is 0 Å². The van der Waals surface area contributed by atoms with Crippen LogP contribution in [0.5, 0.6) is 0 Å². The van der Waals surface area contributed by atoms with Crippen LogP contribution in [0.15, 0.2) is 30.6 Å². The maximum atomic E-state index is 14.1. The summed E-state index contributed by atoms with van der Waals surface area (Å²) in [5.41, 5.74) is 1.52. The van der Waals surface area contributed by atoms with Gasteiger partial charge in [-0.05, 0) is 32.0 Å². The third-order valence-corrected chi connectivity index (χ3v) is 5.27. The number of hydrogen-bond acceptors (Lipinski definition) is 5. The molecule has 7 heteroatoms. The molecule has 4 heterocycles. The molecule has 1 amide bonds. The Balaban J connectivity index is 1.74. The van der Waals surface area contributed by atoms with E-state index in [0.717, 1.165) is 18.9 Å². The fourth-order valence-corrected chi connectivity index (χ4v) is 3.72. The highest BCUT2D eigenvalue weighted by Crippen LogP contribution is 2.37. The van der Waals surface area contributed by atoms with Crippen LogP contribution in [0.2, 0.25) is 0 Å². The molecule has 0 aromatic carbocycles. The van der Waals surface area contributed by atoms with Crippen molar-refractivity contribution in [3.8, 4) is 11.3 Å². The zero-order valence-electron chi connectivity index (χ0n) is 15.2. The fourth-order valence-electron chi connectivity index (χ4n) is 3.72. The largest absolute Gasteiger partial charge is 0.340 e. The maximum absolute atomic E-state index is 14.1. The van der Waals surface area contributed by atoms with Gasteiger partial charge in [0.15, 0.2) is 5.82 Å². The van der Waals surface area contributed by atoms with Crippen LogP contribution in [0, 0.1) is 5.82 Å². The van der Waals surface area contributed by atoms with E-state index in [0.29, 0.717) is 23.8 Å². The highest BCUT2D eigenvalue weighted by molar-refractivity contribution is 6.05. The van der Waals surface area contributed by atoms with Gasteiger partial charge in [-0.15, -0.1) is 0 Å². The Morgan fingerprint density at radius 3 is 2.81 bits per heavy atom. The molecule has 0 aliphatic carbocycles. The molecule has 1 atom stereocenters. The van der Waals surface area contributed by atoms with Crippen LogP contribution in [-0.2, 0) is 4.79 Å². The van der Waals surface area contributed by atoms with Gasteiger partial charge < -0.3 is 9.80 Å². The summed E-state index contributed by atoms with van der Waals surface area (Å²) in [4.78, 5) is 27.7. The van der Waals surface area contributed by atoms with Crippen molar-refractivity contribution in [1.82, 2.24) is 14.9 Å². The number of carbonyl (C=O) groups is 1. The topological polar surface area (TPSA) is 52.6 Å². The molecule has 1 saturated heterocycles. The maximum Gasteiger partial charge on any atom is 0.250 e. The minimum atomic E-state index is -0.400. The molecule has 2 aromatic rings. The summed E-state index contributed by atoms with van der Waals surface area (Å²) in [7, 11) is 1.76. The number of likely N-dealkylation sites (N-methyl/N-ethyl adjacent to an activating group) is 1. The normalized spacial score (nSPS) is 20.3. The third kappa shape index (κ3) is 2.63. The van der Waals surface area contributed by atoms with Gasteiger partial charge in [0.05, 0.1) is 5.69 Å². The zero-order chi connectivity index (χ0) is 18.4. The van der Waals surface area contributed by atoms with Crippen LogP contribution in [0.25, 0.3) is 11.3 Å². The van der Waals surface area contributed by atoms with Crippen LogP contribution in [0.3, 0.4) is 0 Å². The lowest BCUT2D eigenvalue weighted by Crippen LogP contribution is -2.63. The summed E-state index contributed by atoms with van der Waals surface area (Å²) in [5, 5.41) is 0. The first-order valence-electron chi connectivity index (χ1n) is 8.86. The first-order valence-corrected chi connectivity index (χ1v) is 8.86. The first kappa shape index (κ1) is 16.9. The van der Waals surface area contributed by atoms with Gasteiger partial charge in [-0.2, -0.15) is 0 Å². The molecule has 1 fully saturated rings. The summed E-state index contributed by atoms with van der Waals surface area (Å²) in [5.74, 6) is 0.423. The highest BCUT2D eigenvalue weighted by Gasteiger charge is 2.41. The first-order chi connectivity index (χ1) is 12.5. The van der Waals surface area contributed by atoms with Gasteiger partial charge in [-0.25, -0.2) is 9.37 Å². The molecule has 136 valence electrons. The quantitative estimate of drug-likeness (QED) is 0.826. The molecule has 0 unspecified atom stereocenters. The Labute approximate surface area is 152 Å². The molecule has 0 bridgehead atoms. The molecule has 2 aliphatic heterocycles. The summed E-state index contributed by atoms with van der Waals surface area (Å²) in [6.45, 7) is 6.63. The lowest BCUT2D eigenvalue weighted by molar-refractivity contribution is -0.121. The van der Waals surface area contributed by atoms with E-state index < -0.39 is 5.82 Å². The number of nitrogens with zero attached hydrogens (tertiary/aromatic N) is 5. The Kier molecular flexibility index (Phi) is 4.11. The second-order valence-corrected chi connectivity index (χ2v) is 7.10. The van der Waals surface area contributed by atoms with Crippen LogP contribution in [0.1, 0.15) is 13.8 Å². The highest BCUT2D eigenvalue weighted by atomic mass is 19.1. The van der Waals surface area contributed by atoms with E-state index in [-0.39, 0.29) is 17.6 Å². The summed E-state index contributed by atoms with van der Waals surface area (Å²) < 4.78 is 14.1. The monoisotopic (exact) mass is 355 g/mol. The van der Waals surface area contributed by atoms with Gasteiger partial charge in [0.1, 0.15) is 17.6 Å². The van der Waals surface area contributed by atoms with Crippen molar-refractivity contribution in [1.29, 1.82) is 0 Å². The molecule has 2 aliphatic rings. The lowest BCUT2D eigenvalue weighted by atomic mass is 10.0. The van der Waals surface area contributed by atoms with Crippen molar-refractivity contribution in [2.75, 3.05) is 36.5 Å². The van der Waals surface area contributed by atoms with Gasteiger partial charge in [0, 0.05) is 50.7 Å². The number of aromatic nitrogens is 2. The standard InChI is InChI=1S/C19H22FN5O/c1-12(2)24-7-8-25-16(11-24)19(26)23(3)15-9-13(10-22-18(15)25)17-14(20)5-4-6-21-17/h4-6,9-10,12,16H,7-8,11H2,1-3H3/t16-/m0/s1. The second-order valence-electron chi connectivity index (χ2n) is 7.10. The van der Waals surface area contributed by atoms with Gasteiger partial charge in [-0.3, -0.25) is 14.7 Å². The summed E-state index contributed by atoms with van der Waals surface area (Å²) >= 11 is 0. The number of hydrogen-bond donors (Lipinski definition) is 0. The minimum absolute atomic E-state index is 0.0447. The van der Waals surface area contributed by atoms with E-state index in [1.807, 2.05) is 0 Å². The SMILES string of the molecule is CC(C)N1CCN2c3ncc(-c4ncccc4F)cc3N(C)C(=O)[C@@H]2C1. The molecule has 0 spiro atoms. The smallest absolute Gasteiger partial charge is 0.250 e. The van der Waals surface area contributed by atoms with E-state index in [4.69, 9.17) is 0 Å². The molecule has 26 heavy (non-hydrogen) atoms. The lowest BCUT2D eigenvalue weighted by Gasteiger charge is -2.47. The fraction of sp³-hybridized carbons (Fsp3) is 0.421. The molecule has 0 N–H and O–H groups in total. The van der Waals surface area contributed by atoms with E-state index >= 15 is 0 Å². The Bertz CT molecular complexity index is 856. The van der Waals surface area contributed by atoms with Crippen LogP contribution < -0.4 is 9.80 Å². The average molecular weight is 355 g/mol. The number of piperazine rings is 1. The van der Waals surface area contributed by atoms with Crippen molar-refractivity contribution in [3.05, 3.63) is 36.4 Å². The molecule has 4 rings (SSSR count). The van der Waals surface area contributed by atoms with Crippen LogP contribution in [0.4, 0.5) is 15.9 Å². The Morgan fingerprint density at radius 1 is 1.27 bits per heavy atom.